The lowest BCUT2D eigenvalue weighted by Crippen LogP contribution is -2.34. The fraction of sp³-hybridized carbons (Fsp3) is 0.353. The molecule has 0 amide bonds. The van der Waals surface area contributed by atoms with E-state index in [2.05, 4.69) is 11.9 Å². The molecule has 4 nitrogen and oxygen atoms in total. The van der Waals surface area contributed by atoms with Crippen LogP contribution in [0.1, 0.15) is 37.8 Å². The highest BCUT2D eigenvalue weighted by atomic mass is 32.2. The summed E-state index contributed by atoms with van der Waals surface area (Å²) in [6.07, 6.45) is 7.02. The van der Waals surface area contributed by atoms with E-state index in [4.69, 9.17) is 0 Å². The quantitative estimate of drug-likeness (QED) is 0.770. The highest BCUT2D eigenvalue weighted by Crippen LogP contribution is 2.33. The number of rotatable bonds is 7. The first kappa shape index (κ1) is 17.4. The van der Waals surface area contributed by atoms with Crippen molar-refractivity contribution in [1.29, 1.82) is 0 Å². The molecule has 0 aliphatic heterocycles. The van der Waals surface area contributed by atoms with Crippen molar-refractivity contribution in [2.24, 2.45) is 0 Å². The van der Waals surface area contributed by atoms with Crippen molar-refractivity contribution in [1.82, 2.24) is 4.98 Å². The third-order valence-electron chi connectivity index (χ3n) is 3.62. The Morgan fingerprint density at radius 2 is 1.91 bits per heavy atom. The number of nitrogens with zero attached hydrogens (tertiary/aromatic N) is 2. The molecule has 23 heavy (non-hydrogen) atoms. The molecule has 6 heteroatoms. The predicted molar refractivity (Wildman–Crippen MR) is 90.2 cm³/mol. The molecule has 2 rings (SSSR count). The van der Waals surface area contributed by atoms with Gasteiger partial charge in [0.2, 0.25) is 10.0 Å². The van der Waals surface area contributed by atoms with E-state index < -0.39 is 15.8 Å². The van der Waals surface area contributed by atoms with Gasteiger partial charge in [-0.05, 0) is 42.3 Å². The van der Waals surface area contributed by atoms with Gasteiger partial charge < -0.3 is 0 Å². The van der Waals surface area contributed by atoms with E-state index in [1.165, 1.54) is 34.8 Å². The molecule has 1 aromatic heterocycles. The first-order valence-corrected chi connectivity index (χ1v) is 9.43. The van der Waals surface area contributed by atoms with Crippen LogP contribution in [0.3, 0.4) is 0 Å². The van der Waals surface area contributed by atoms with Crippen molar-refractivity contribution >= 4 is 15.7 Å². The second-order valence-electron chi connectivity index (χ2n) is 5.48. The molecule has 0 saturated heterocycles. The molecule has 1 aromatic carbocycles. The molecular weight excluding hydrogens is 315 g/mol. The van der Waals surface area contributed by atoms with Crippen LogP contribution >= 0.6 is 0 Å². The van der Waals surface area contributed by atoms with Crippen LogP contribution in [0.25, 0.3) is 0 Å². The van der Waals surface area contributed by atoms with Gasteiger partial charge in [0, 0.05) is 12.4 Å². The summed E-state index contributed by atoms with van der Waals surface area (Å²) in [6.45, 7) is 2.06. The molecule has 124 valence electrons. The fourth-order valence-electron chi connectivity index (χ4n) is 2.58. The molecule has 0 aliphatic carbocycles. The topological polar surface area (TPSA) is 50.3 Å². The van der Waals surface area contributed by atoms with Crippen LogP contribution < -0.4 is 4.31 Å². The number of anilines is 1. The van der Waals surface area contributed by atoms with E-state index in [1.807, 2.05) is 6.07 Å². The predicted octanol–water partition coefficient (Wildman–Crippen LogP) is 3.92. The minimum Gasteiger partial charge on any atom is -0.264 e. The van der Waals surface area contributed by atoms with E-state index >= 15 is 0 Å². The van der Waals surface area contributed by atoms with E-state index in [1.54, 1.807) is 18.5 Å². The maximum atomic E-state index is 13.2. The zero-order chi connectivity index (χ0) is 16.9. The molecule has 0 saturated carbocycles. The Hall–Kier alpha value is -1.95. The molecule has 2 aromatic rings. The van der Waals surface area contributed by atoms with Crippen LogP contribution in [0, 0.1) is 5.82 Å². The molecular formula is C17H21FN2O2S. The van der Waals surface area contributed by atoms with Gasteiger partial charge in [-0.3, -0.25) is 9.29 Å². The van der Waals surface area contributed by atoms with Crippen molar-refractivity contribution < 1.29 is 12.8 Å². The van der Waals surface area contributed by atoms with Gasteiger partial charge in [0.1, 0.15) is 5.82 Å². The Morgan fingerprint density at radius 1 is 1.22 bits per heavy atom. The zero-order valence-electron chi connectivity index (χ0n) is 13.3. The monoisotopic (exact) mass is 336 g/mol. The lowest BCUT2D eigenvalue weighted by molar-refractivity contribution is 0.559. The molecule has 0 spiro atoms. The van der Waals surface area contributed by atoms with E-state index in [9.17, 15) is 12.8 Å². The number of hydrogen-bond donors (Lipinski definition) is 0. The van der Waals surface area contributed by atoms with Crippen molar-refractivity contribution in [3.63, 3.8) is 0 Å². The number of benzene rings is 1. The van der Waals surface area contributed by atoms with E-state index in [0.717, 1.165) is 18.4 Å². The Kier molecular flexibility index (Phi) is 5.71. The van der Waals surface area contributed by atoms with Gasteiger partial charge in [0.05, 0.1) is 18.0 Å². The Balaban J connectivity index is 2.50. The first-order valence-electron chi connectivity index (χ1n) is 7.58. The maximum Gasteiger partial charge on any atom is 0.232 e. The number of sulfonamides is 1. The highest BCUT2D eigenvalue weighted by Gasteiger charge is 2.28. The van der Waals surface area contributed by atoms with Gasteiger partial charge in [0.15, 0.2) is 0 Å². The van der Waals surface area contributed by atoms with Crippen LogP contribution in [0.5, 0.6) is 0 Å². The molecule has 0 N–H and O–H groups in total. The van der Waals surface area contributed by atoms with Gasteiger partial charge in [-0.2, -0.15) is 0 Å². The average Bonchev–Trinajstić information content (AvgIpc) is 2.52. The summed E-state index contributed by atoms with van der Waals surface area (Å²) in [6, 6.07) is 8.83. The maximum absolute atomic E-state index is 13.2. The Morgan fingerprint density at radius 3 is 2.43 bits per heavy atom. The van der Waals surface area contributed by atoms with Gasteiger partial charge in [0.25, 0.3) is 0 Å². The van der Waals surface area contributed by atoms with Crippen molar-refractivity contribution in [2.45, 2.75) is 32.2 Å². The minimum absolute atomic E-state index is 0.357. The number of halogens is 1. The molecule has 0 radical (unpaired) electrons. The van der Waals surface area contributed by atoms with Crippen LogP contribution in [-0.2, 0) is 10.0 Å². The SMILES string of the molecule is CCCCC(c1cccnc1)N(c1ccc(F)cc1)S(C)(=O)=O. The number of unbranched alkanes of at least 4 members (excludes halogenated alkanes) is 1. The smallest absolute Gasteiger partial charge is 0.232 e. The molecule has 0 aliphatic rings. The standard InChI is InChI=1S/C17H21FN2O2S/c1-3-4-7-17(14-6-5-12-19-13-14)20(23(2,21)22)16-10-8-15(18)9-11-16/h5-6,8-13,17H,3-4,7H2,1-2H3. The number of pyridine rings is 1. The number of aromatic nitrogens is 1. The van der Waals surface area contributed by atoms with E-state index in [-0.39, 0.29) is 6.04 Å². The summed E-state index contributed by atoms with van der Waals surface area (Å²) in [7, 11) is -3.53. The molecule has 1 heterocycles. The average molecular weight is 336 g/mol. The fourth-order valence-corrected chi connectivity index (χ4v) is 3.77. The summed E-state index contributed by atoms with van der Waals surface area (Å²) < 4.78 is 39.4. The van der Waals surface area contributed by atoms with Crippen LogP contribution in [-0.4, -0.2) is 19.7 Å². The van der Waals surface area contributed by atoms with E-state index in [0.29, 0.717) is 12.1 Å². The summed E-state index contributed by atoms with van der Waals surface area (Å²) >= 11 is 0. The second-order valence-corrected chi connectivity index (χ2v) is 7.34. The van der Waals surface area contributed by atoms with Crippen LogP contribution in [0.15, 0.2) is 48.8 Å². The van der Waals surface area contributed by atoms with Gasteiger partial charge in [-0.25, -0.2) is 12.8 Å². The summed E-state index contributed by atoms with van der Waals surface area (Å²) in [4.78, 5) is 4.10. The normalized spacial score (nSPS) is 12.8. The van der Waals surface area contributed by atoms with Crippen molar-refractivity contribution in [3.05, 3.63) is 60.2 Å². The van der Waals surface area contributed by atoms with Crippen LogP contribution in [0.4, 0.5) is 10.1 Å². The molecule has 0 fully saturated rings. The third-order valence-corrected chi connectivity index (χ3v) is 4.80. The van der Waals surface area contributed by atoms with Gasteiger partial charge >= 0.3 is 0 Å². The first-order chi connectivity index (χ1) is 10.9. The molecule has 0 bridgehead atoms. The number of hydrogen-bond acceptors (Lipinski definition) is 3. The lowest BCUT2D eigenvalue weighted by atomic mass is 10.0. The third kappa shape index (κ3) is 4.51. The Labute approximate surface area is 137 Å². The summed E-state index contributed by atoms with van der Waals surface area (Å²) in [5.74, 6) is -0.395. The summed E-state index contributed by atoms with van der Waals surface area (Å²) in [5, 5.41) is 0. The van der Waals surface area contributed by atoms with Gasteiger partial charge in [-0.1, -0.05) is 25.8 Å². The van der Waals surface area contributed by atoms with Gasteiger partial charge in [-0.15, -0.1) is 0 Å². The Bertz CT molecular complexity index is 718. The largest absolute Gasteiger partial charge is 0.264 e. The summed E-state index contributed by atoms with van der Waals surface area (Å²) in [5.41, 5.74) is 1.29. The zero-order valence-corrected chi connectivity index (χ0v) is 14.1. The van der Waals surface area contributed by atoms with Crippen molar-refractivity contribution in [3.8, 4) is 0 Å². The molecule has 1 atom stereocenters. The van der Waals surface area contributed by atoms with Crippen molar-refractivity contribution in [2.75, 3.05) is 10.6 Å². The lowest BCUT2D eigenvalue weighted by Gasteiger charge is -2.32. The second kappa shape index (κ2) is 7.55. The highest BCUT2D eigenvalue weighted by molar-refractivity contribution is 7.92. The van der Waals surface area contributed by atoms with Crippen LogP contribution in [0.2, 0.25) is 0 Å². The minimum atomic E-state index is -3.53. The molecule has 1 unspecified atom stereocenters.